The van der Waals surface area contributed by atoms with Crippen LogP contribution in [-0.2, 0) is 9.53 Å². The van der Waals surface area contributed by atoms with E-state index in [4.69, 9.17) is 9.72 Å². The number of fused-ring (bicyclic) bond motifs is 1. The van der Waals surface area contributed by atoms with Gasteiger partial charge in [0.1, 0.15) is 10.9 Å². The number of aromatic amines is 1. The molecule has 0 atom stereocenters. The van der Waals surface area contributed by atoms with Crippen LogP contribution in [0.3, 0.4) is 0 Å². The Hall–Kier alpha value is -2.38. The molecule has 0 spiro atoms. The number of nitrogens with zero attached hydrogens (tertiary/aromatic N) is 2. The Labute approximate surface area is 169 Å². The number of amides is 1. The molecular formula is C21H26N4O2S. The molecule has 0 fully saturated rings. The van der Waals surface area contributed by atoms with E-state index in [-0.39, 0.29) is 5.91 Å². The molecule has 2 heterocycles. The molecule has 0 aliphatic heterocycles. The number of benzene rings is 1. The third-order valence-corrected chi connectivity index (χ3v) is 5.46. The van der Waals surface area contributed by atoms with Gasteiger partial charge in [-0.15, -0.1) is 0 Å². The van der Waals surface area contributed by atoms with Gasteiger partial charge in [-0.25, -0.2) is 9.97 Å². The summed E-state index contributed by atoms with van der Waals surface area (Å²) in [7, 11) is 0. The number of carbonyl (C=O) groups excluding carboxylic acids is 1. The molecule has 1 amide bonds. The van der Waals surface area contributed by atoms with Crippen LogP contribution in [0.5, 0.6) is 0 Å². The van der Waals surface area contributed by atoms with Crippen LogP contribution in [0.2, 0.25) is 0 Å². The maximum atomic E-state index is 12.1. The van der Waals surface area contributed by atoms with E-state index in [1.165, 1.54) is 22.9 Å². The zero-order valence-corrected chi connectivity index (χ0v) is 17.4. The molecular weight excluding hydrogens is 372 g/mol. The second-order valence-electron chi connectivity index (χ2n) is 6.58. The second kappa shape index (κ2) is 9.71. The molecule has 0 saturated carbocycles. The van der Waals surface area contributed by atoms with Crippen molar-refractivity contribution in [3.63, 3.8) is 0 Å². The number of rotatable bonds is 9. The number of aromatic nitrogens is 3. The van der Waals surface area contributed by atoms with Gasteiger partial charge in [-0.2, -0.15) is 0 Å². The average molecular weight is 399 g/mol. The predicted octanol–water partition coefficient (Wildman–Crippen LogP) is 3.88. The minimum absolute atomic E-state index is 0.00560. The maximum Gasteiger partial charge on any atom is 0.230 e. The number of ether oxygens (including phenoxy) is 1. The fourth-order valence-electron chi connectivity index (χ4n) is 2.81. The summed E-state index contributed by atoms with van der Waals surface area (Å²) < 4.78 is 5.27. The number of carbonyl (C=O) groups is 1. The molecule has 2 aromatic heterocycles. The second-order valence-corrected chi connectivity index (χ2v) is 7.55. The van der Waals surface area contributed by atoms with E-state index in [0.717, 1.165) is 33.9 Å². The van der Waals surface area contributed by atoms with Crippen LogP contribution < -0.4 is 5.32 Å². The molecule has 1 aromatic carbocycles. The number of thioether (sulfide) groups is 1. The summed E-state index contributed by atoms with van der Waals surface area (Å²) in [6, 6.07) is 8.06. The SMILES string of the molecule is CCOCCCNC(=O)CSc1ncccc1-c1nc2cc(C)c(C)cc2[nH]1. The van der Waals surface area contributed by atoms with E-state index in [1.54, 1.807) is 6.20 Å². The van der Waals surface area contributed by atoms with Crippen molar-refractivity contribution in [2.24, 2.45) is 0 Å². The number of imidazole rings is 1. The number of hydrogen-bond donors (Lipinski definition) is 2. The van der Waals surface area contributed by atoms with Gasteiger partial charge in [0, 0.05) is 31.5 Å². The van der Waals surface area contributed by atoms with Crippen LogP contribution in [0.15, 0.2) is 35.5 Å². The van der Waals surface area contributed by atoms with Gasteiger partial charge in [-0.3, -0.25) is 4.79 Å². The van der Waals surface area contributed by atoms with Crippen molar-refractivity contribution in [2.75, 3.05) is 25.5 Å². The highest BCUT2D eigenvalue weighted by molar-refractivity contribution is 8.00. The lowest BCUT2D eigenvalue weighted by molar-refractivity contribution is -0.118. The van der Waals surface area contributed by atoms with Crippen molar-refractivity contribution in [3.8, 4) is 11.4 Å². The van der Waals surface area contributed by atoms with Gasteiger partial charge in [-0.05, 0) is 62.6 Å². The largest absolute Gasteiger partial charge is 0.382 e. The van der Waals surface area contributed by atoms with Gasteiger partial charge in [0.25, 0.3) is 0 Å². The van der Waals surface area contributed by atoms with E-state index in [2.05, 4.69) is 41.3 Å². The van der Waals surface area contributed by atoms with Crippen molar-refractivity contribution >= 4 is 28.7 Å². The molecule has 0 bridgehead atoms. The van der Waals surface area contributed by atoms with Gasteiger partial charge in [0.15, 0.2) is 0 Å². The highest BCUT2D eigenvalue weighted by Crippen LogP contribution is 2.29. The van der Waals surface area contributed by atoms with Crippen molar-refractivity contribution < 1.29 is 9.53 Å². The van der Waals surface area contributed by atoms with Gasteiger partial charge < -0.3 is 15.0 Å². The zero-order chi connectivity index (χ0) is 19.9. The molecule has 6 nitrogen and oxygen atoms in total. The molecule has 3 rings (SSSR count). The minimum Gasteiger partial charge on any atom is -0.382 e. The summed E-state index contributed by atoms with van der Waals surface area (Å²) in [4.78, 5) is 24.7. The Morgan fingerprint density at radius 1 is 1.29 bits per heavy atom. The number of pyridine rings is 1. The molecule has 7 heteroatoms. The Kier molecular flexibility index (Phi) is 7.06. The van der Waals surface area contributed by atoms with E-state index in [0.29, 0.717) is 25.5 Å². The summed E-state index contributed by atoms with van der Waals surface area (Å²) in [5.41, 5.74) is 5.29. The van der Waals surface area contributed by atoms with Gasteiger partial charge in [0.2, 0.25) is 5.91 Å². The summed E-state index contributed by atoms with van der Waals surface area (Å²) in [6.45, 7) is 8.13. The summed E-state index contributed by atoms with van der Waals surface area (Å²) in [6.07, 6.45) is 2.56. The number of hydrogen-bond acceptors (Lipinski definition) is 5. The molecule has 0 saturated heterocycles. The van der Waals surface area contributed by atoms with E-state index >= 15 is 0 Å². The standard InChI is InChI=1S/C21H26N4O2S/c1-4-27-10-6-9-22-19(26)13-28-21-16(7-5-8-23-21)20-24-17-11-14(2)15(3)12-18(17)25-20/h5,7-8,11-12H,4,6,9-10,13H2,1-3H3,(H,22,26)(H,24,25). The Morgan fingerprint density at radius 3 is 2.93 bits per heavy atom. The Bertz CT molecular complexity index is 916. The van der Waals surface area contributed by atoms with Crippen molar-refractivity contribution in [1.82, 2.24) is 20.3 Å². The normalized spacial score (nSPS) is 11.1. The molecule has 2 N–H and O–H groups in total. The summed E-state index contributed by atoms with van der Waals surface area (Å²) in [5.74, 6) is 1.08. The van der Waals surface area contributed by atoms with Gasteiger partial charge in [-0.1, -0.05) is 11.8 Å². The van der Waals surface area contributed by atoms with Crippen LogP contribution in [0, 0.1) is 13.8 Å². The highest BCUT2D eigenvalue weighted by atomic mass is 32.2. The van der Waals surface area contributed by atoms with E-state index < -0.39 is 0 Å². The fraction of sp³-hybridized carbons (Fsp3) is 0.381. The molecule has 0 unspecified atom stereocenters. The monoisotopic (exact) mass is 398 g/mol. The van der Waals surface area contributed by atoms with Gasteiger partial charge >= 0.3 is 0 Å². The van der Waals surface area contributed by atoms with Crippen LogP contribution in [0.4, 0.5) is 0 Å². The lowest BCUT2D eigenvalue weighted by atomic mass is 10.1. The number of aryl methyl sites for hydroxylation is 2. The first kappa shape index (κ1) is 20.4. The molecule has 3 aromatic rings. The average Bonchev–Trinajstić information content (AvgIpc) is 3.09. The van der Waals surface area contributed by atoms with Gasteiger partial charge in [0.05, 0.1) is 16.8 Å². The topological polar surface area (TPSA) is 79.9 Å². The number of H-pyrrole nitrogens is 1. The quantitative estimate of drug-likeness (QED) is 0.422. The Balaban J connectivity index is 1.67. The first-order valence-electron chi connectivity index (χ1n) is 9.48. The van der Waals surface area contributed by atoms with E-state index in [1.807, 2.05) is 19.1 Å². The van der Waals surface area contributed by atoms with Crippen LogP contribution in [0.25, 0.3) is 22.4 Å². The van der Waals surface area contributed by atoms with Crippen molar-refractivity contribution in [1.29, 1.82) is 0 Å². The van der Waals surface area contributed by atoms with Crippen molar-refractivity contribution in [2.45, 2.75) is 32.2 Å². The lowest BCUT2D eigenvalue weighted by Crippen LogP contribution is -2.26. The number of nitrogens with one attached hydrogen (secondary N) is 2. The van der Waals surface area contributed by atoms with Crippen LogP contribution in [-0.4, -0.2) is 46.4 Å². The smallest absolute Gasteiger partial charge is 0.230 e. The predicted molar refractivity (Wildman–Crippen MR) is 114 cm³/mol. The lowest BCUT2D eigenvalue weighted by Gasteiger charge is -2.07. The Morgan fingerprint density at radius 2 is 2.11 bits per heavy atom. The van der Waals surface area contributed by atoms with Crippen LogP contribution >= 0.6 is 11.8 Å². The first-order valence-corrected chi connectivity index (χ1v) is 10.5. The molecule has 148 valence electrons. The third kappa shape index (κ3) is 5.11. The minimum atomic E-state index is -0.00560. The summed E-state index contributed by atoms with van der Waals surface area (Å²) >= 11 is 1.42. The first-order chi connectivity index (χ1) is 13.6. The summed E-state index contributed by atoms with van der Waals surface area (Å²) in [5, 5.41) is 3.71. The fourth-order valence-corrected chi connectivity index (χ4v) is 3.64. The van der Waals surface area contributed by atoms with E-state index in [9.17, 15) is 4.79 Å². The zero-order valence-electron chi connectivity index (χ0n) is 16.5. The highest BCUT2D eigenvalue weighted by Gasteiger charge is 2.13. The van der Waals surface area contributed by atoms with Crippen molar-refractivity contribution in [3.05, 3.63) is 41.6 Å². The molecule has 0 aliphatic carbocycles. The molecule has 0 aliphatic rings. The third-order valence-electron chi connectivity index (χ3n) is 4.46. The molecule has 28 heavy (non-hydrogen) atoms. The molecule has 0 radical (unpaired) electrons. The van der Waals surface area contributed by atoms with Crippen LogP contribution in [0.1, 0.15) is 24.5 Å². The maximum absolute atomic E-state index is 12.1.